The Morgan fingerprint density at radius 2 is 1.77 bits per heavy atom. The maximum absolute atomic E-state index is 12.5. The van der Waals surface area contributed by atoms with Gasteiger partial charge in [-0.05, 0) is 32.0 Å². The molecule has 1 atom stereocenters. The van der Waals surface area contributed by atoms with Gasteiger partial charge in [0.15, 0.2) is 0 Å². The van der Waals surface area contributed by atoms with Crippen LogP contribution in [0.2, 0.25) is 5.02 Å². The second-order valence-electron chi connectivity index (χ2n) is 6.01. The number of hydrogen-bond donors (Lipinski definition) is 1. The Bertz CT molecular complexity index is 996. The first kappa shape index (κ1) is 17.9. The topological polar surface area (TPSA) is 64.0 Å². The van der Waals surface area contributed by atoms with Gasteiger partial charge < -0.3 is 5.32 Å². The lowest BCUT2D eigenvalue weighted by atomic mass is 10.1. The van der Waals surface area contributed by atoms with Crippen LogP contribution in [0.3, 0.4) is 0 Å². The molecule has 0 aliphatic rings. The number of aryl methyl sites for hydroxylation is 1. The van der Waals surface area contributed by atoms with E-state index in [2.05, 4.69) is 10.4 Å². The summed E-state index contributed by atoms with van der Waals surface area (Å²) in [5.41, 5.74) is 2.79. The molecule has 26 heavy (non-hydrogen) atoms. The number of benzene rings is 2. The molecule has 1 aromatic heterocycles. The minimum absolute atomic E-state index is 0.345. The van der Waals surface area contributed by atoms with E-state index in [1.165, 1.54) is 10.7 Å². The minimum Gasteiger partial charge on any atom is -0.323 e. The van der Waals surface area contributed by atoms with Gasteiger partial charge in [-0.15, -0.1) is 0 Å². The molecule has 3 rings (SSSR count). The maximum atomic E-state index is 12.5. The second kappa shape index (κ2) is 7.54. The highest BCUT2D eigenvalue weighted by atomic mass is 35.5. The molecule has 6 heteroatoms. The summed E-state index contributed by atoms with van der Waals surface area (Å²) in [4.78, 5) is 24.8. The van der Waals surface area contributed by atoms with Gasteiger partial charge in [0.05, 0.1) is 16.4 Å². The van der Waals surface area contributed by atoms with Gasteiger partial charge in [-0.25, -0.2) is 4.68 Å². The summed E-state index contributed by atoms with van der Waals surface area (Å²) in [5.74, 6) is -0.367. The van der Waals surface area contributed by atoms with Gasteiger partial charge in [-0.1, -0.05) is 53.6 Å². The maximum Gasteiger partial charge on any atom is 0.267 e. The first-order valence-electron chi connectivity index (χ1n) is 8.18. The van der Waals surface area contributed by atoms with E-state index in [0.717, 1.165) is 11.1 Å². The molecule has 0 radical (unpaired) electrons. The van der Waals surface area contributed by atoms with E-state index in [9.17, 15) is 9.59 Å². The lowest BCUT2D eigenvalue weighted by Crippen LogP contribution is -2.33. The van der Waals surface area contributed by atoms with E-state index in [4.69, 9.17) is 11.6 Å². The summed E-state index contributed by atoms with van der Waals surface area (Å²) < 4.78 is 1.18. The molecular formula is C20H18ClN3O2. The molecule has 0 unspecified atom stereocenters. The Kier molecular flexibility index (Phi) is 5.19. The van der Waals surface area contributed by atoms with Crippen molar-refractivity contribution < 1.29 is 4.79 Å². The summed E-state index contributed by atoms with van der Waals surface area (Å²) in [6.07, 6.45) is 0. The molecule has 0 saturated heterocycles. The predicted octanol–water partition coefficient (Wildman–Crippen LogP) is 4.07. The van der Waals surface area contributed by atoms with Crippen LogP contribution in [0, 0.1) is 6.92 Å². The summed E-state index contributed by atoms with van der Waals surface area (Å²) in [6, 6.07) is 17.0. The van der Waals surface area contributed by atoms with Crippen molar-refractivity contribution in [2.45, 2.75) is 19.9 Å². The molecular weight excluding hydrogens is 350 g/mol. The molecule has 0 fully saturated rings. The standard InChI is InChI=1S/C20H18ClN3O2/c1-13-7-9-15(10-8-13)17-11-12-19(25)24(23-17)14(2)20(26)22-18-6-4-3-5-16(18)21/h3-12,14H,1-2H3,(H,22,26)/t14-/m1/s1. The molecule has 0 aliphatic carbocycles. The van der Waals surface area contributed by atoms with E-state index < -0.39 is 6.04 Å². The molecule has 0 saturated carbocycles. The molecule has 0 spiro atoms. The second-order valence-corrected chi connectivity index (χ2v) is 6.42. The molecule has 1 N–H and O–H groups in total. The third kappa shape index (κ3) is 3.83. The highest BCUT2D eigenvalue weighted by molar-refractivity contribution is 6.33. The van der Waals surface area contributed by atoms with Crippen LogP contribution in [0.4, 0.5) is 5.69 Å². The van der Waals surface area contributed by atoms with Gasteiger partial charge in [0.2, 0.25) is 5.91 Å². The number of rotatable bonds is 4. The number of halogens is 1. The average molecular weight is 368 g/mol. The molecule has 3 aromatic rings. The molecule has 1 heterocycles. The van der Waals surface area contributed by atoms with Crippen LogP contribution in [-0.4, -0.2) is 15.7 Å². The van der Waals surface area contributed by atoms with E-state index in [-0.39, 0.29) is 11.5 Å². The van der Waals surface area contributed by atoms with E-state index >= 15 is 0 Å². The molecule has 0 aliphatic heterocycles. The van der Waals surface area contributed by atoms with Crippen LogP contribution in [0.1, 0.15) is 18.5 Å². The fraction of sp³-hybridized carbons (Fsp3) is 0.150. The summed E-state index contributed by atoms with van der Waals surface area (Å²) >= 11 is 6.07. The average Bonchev–Trinajstić information content (AvgIpc) is 2.64. The van der Waals surface area contributed by atoms with Gasteiger partial charge in [0.25, 0.3) is 5.56 Å². The number of nitrogens with zero attached hydrogens (tertiary/aromatic N) is 2. The number of carbonyl (C=O) groups is 1. The molecule has 0 bridgehead atoms. The summed E-state index contributed by atoms with van der Waals surface area (Å²) in [5, 5.41) is 7.53. The van der Waals surface area contributed by atoms with Crippen molar-refractivity contribution in [3.8, 4) is 11.3 Å². The highest BCUT2D eigenvalue weighted by Crippen LogP contribution is 2.22. The zero-order chi connectivity index (χ0) is 18.7. The third-order valence-corrected chi connectivity index (χ3v) is 4.38. The fourth-order valence-corrected chi connectivity index (χ4v) is 2.67. The monoisotopic (exact) mass is 367 g/mol. The highest BCUT2D eigenvalue weighted by Gasteiger charge is 2.19. The van der Waals surface area contributed by atoms with Crippen LogP contribution < -0.4 is 10.9 Å². The number of nitrogens with one attached hydrogen (secondary N) is 1. The van der Waals surface area contributed by atoms with Crippen LogP contribution >= 0.6 is 11.6 Å². The Labute approximate surface area is 156 Å². The van der Waals surface area contributed by atoms with Crippen molar-refractivity contribution in [1.82, 2.24) is 9.78 Å². The van der Waals surface area contributed by atoms with Crippen LogP contribution in [-0.2, 0) is 4.79 Å². The number of para-hydroxylation sites is 1. The van der Waals surface area contributed by atoms with Crippen LogP contribution in [0.25, 0.3) is 11.3 Å². The number of anilines is 1. The lowest BCUT2D eigenvalue weighted by molar-refractivity contribution is -0.119. The molecule has 1 amide bonds. The summed E-state index contributed by atoms with van der Waals surface area (Å²) in [7, 11) is 0. The molecule has 2 aromatic carbocycles. The number of aromatic nitrogens is 2. The van der Waals surface area contributed by atoms with Crippen molar-refractivity contribution in [3.63, 3.8) is 0 Å². The number of carbonyl (C=O) groups excluding carboxylic acids is 1. The van der Waals surface area contributed by atoms with Gasteiger partial charge in [-0.3, -0.25) is 9.59 Å². The first-order valence-corrected chi connectivity index (χ1v) is 8.56. The SMILES string of the molecule is Cc1ccc(-c2ccc(=O)n([C@H](C)C(=O)Nc3ccccc3Cl)n2)cc1. The Morgan fingerprint density at radius 3 is 2.46 bits per heavy atom. The van der Waals surface area contributed by atoms with Gasteiger partial charge in [0, 0.05) is 11.6 Å². The Balaban J connectivity index is 1.89. The third-order valence-electron chi connectivity index (χ3n) is 4.05. The lowest BCUT2D eigenvalue weighted by Gasteiger charge is -2.15. The van der Waals surface area contributed by atoms with Crippen molar-refractivity contribution in [2.24, 2.45) is 0 Å². The van der Waals surface area contributed by atoms with E-state index in [1.807, 2.05) is 31.2 Å². The van der Waals surface area contributed by atoms with Crippen molar-refractivity contribution in [1.29, 1.82) is 0 Å². The number of hydrogen-bond acceptors (Lipinski definition) is 3. The fourth-order valence-electron chi connectivity index (χ4n) is 2.49. The normalized spacial score (nSPS) is 11.8. The number of amides is 1. The van der Waals surface area contributed by atoms with E-state index in [1.54, 1.807) is 37.3 Å². The predicted molar refractivity (Wildman–Crippen MR) is 103 cm³/mol. The van der Waals surface area contributed by atoms with Crippen molar-refractivity contribution in [2.75, 3.05) is 5.32 Å². The van der Waals surface area contributed by atoms with Crippen molar-refractivity contribution >= 4 is 23.2 Å². The smallest absolute Gasteiger partial charge is 0.267 e. The molecule has 132 valence electrons. The van der Waals surface area contributed by atoms with Gasteiger partial charge >= 0.3 is 0 Å². The quantitative estimate of drug-likeness (QED) is 0.755. The van der Waals surface area contributed by atoms with Gasteiger partial charge in [-0.2, -0.15) is 5.10 Å². The zero-order valence-corrected chi connectivity index (χ0v) is 15.2. The molecule has 5 nitrogen and oxygen atoms in total. The Hall–Kier alpha value is -2.92. The van der Waals surface area contributed by atoms with E-state index in [0.29, 0.717) is 16.4 Å². The largest absolute Gasteiger partial charge is 0.323 e. The summed E-state index contributed by atoms with van der Waals surface area (Å²) in [6.45, 7) is 3.62. The van der Waals surface area contributed by atoms with Crippen LogP contribution in [0.15, 0.2) is 65.5 Å². The van der Waals surface area contributed by atoms with Crippen molar-refractivity contribution in [3.05, 3.63) is 81.6 Å². The zero-order valence-electron chi connectivity index (χ0n) is 14.4. The van der Waals surface area contributed by atoms with Gasteiger partial charge in [0.1, 0.15) is 6.04 Å². The first-order chi connectivity index (χ1) is 12.5. The minimum atomic E-state index is -0.788. The van der Waals surface area contributed by atoms with Crippen LogP contribution in [0.5, 0.6) is 0 Å². The Morgan fingerprint density at radius 1 is 1.08 bits per heavy atom.